The number of benzene rings is 1. The fourth-order valence-corrected chi connectivity index (χ4v) is 1.10. The SMILES string of the molecule is N#C/C(=N/O)c1c(F)cccc1Cl. The lowest BCUT2D eigenvalue weighted by atomic mass is 10.1. The van der Waals surface area contributed by atoms with Crippen molar-refractivity contribution in [1.29, 1.82) is 5.26 Å². The molecular formula is C8H4ClFN2O. The Hall–Kier alpha value is -1.60. The number of nitrogens with zero attached hydrogens (tertiary/aromatic N) is 2. The first-order valence-electron chi connectivity index (χ1n) is 3.27. The average molecular weight is 199 g/mol. The number of oxime groups is 1. The molecule has 13 heavy (non-hydrogen) atoms. The third-order valence-electron chi connectivity index (χ3n) is 1.41. The fourth-order valence-electron chi connectivity index (χ4n) is 0.852. The maximum atomic E-state index is 13.0. The number of halogens is 2. The maximum absolute atomic E-state index is 13.0. The zero-order chi connectivity index (χ0) is 9.84. The molecule has 0 fully saturated rings. The molecule has 0 aliphatic carbocycles. The predicted octanol–water partition coefficient (Wildman–Crippen LogP) is 2.18. The van der Waals surface area contributed by atoms with Gasteiger partial charge < -0.3 is 5.21 Å². The van der Waals surface area contributed by atoms with Crippen LogP contribution in [0.1, 0.15) is 5.56 Å². The summed E-state index contributed by atoms with van der Waals surface area (Å²) >= 11 is 5.60. The zero-order valence-electron chi connectivity index (χ0n) is 6.33. The topological polar surface area (TPSA) is 56.4 Å². The molecule has 5 heteroatoms. The molecule has 0 saturated heterocycles. The summed E-state index contributed by atoms with van der Waals surface area (Å²) in [5, 5.41) is 19.5. The van der Waals surface area contributed by atoms with E-state index in [0.29, 0.717) is 0 Å². The van der Waals surface area contributed by atoms with Crippen molar-refractivity contribution in [1.82, 2.24) is 0 Å². The maximum Gasteiger partial charge on any atom is 0.191 e. The Labute approximate surface area is 78.7 Å². The highest BCUT2D eigenvalue weighted by Crippen LogP contribution is 2.19. The van der Waals surface area contributed by atoms with Gasteiger partial charge in [-0.2, -0.15) is 5.26 Å². The highest BCUT2D eigenvalue weighted by molar-refractivity contribution is 6.35. The molecule has 0 bridgehead atoms. The molecule has 1 aromatic carbocycles. The molecular weight excluding hydrogens is 195 g/mol. The monoisotopic (exact) mass is 198 g/mol. The second-order valence-corrected chi connectivity index (χ2v) is 2.56. The van der Waals surface area contributed by atoms with Crippen molar-refractivity contribution in [2.45, 2.75) is 0 Å². The van der Waals surface area contributed by atoms with E-state index in [0.717, 1.165) is 6.07 Å². The summed E-state index contributed by atoms with van der Waals surface area (Å²) in [6, 6.07) is 5.46. The lowest BCUT2D eigenvalue weighted by molar-refractivity contribution is 0.320. The van der Waals surface area contributed by atoms with Crippen molar-refractivity contribution >= 4 is 17.3 Å². The van der Waals surface area contributed by atoms with Gasteiger partial charge in [-0.3, -0.25) is 0 Å². The van der Waals surface area contributed by atoms with Gasteiger partial charge in [0.2, 0.25) is 0 Å². The van der Waals surface area contributed by atoms with Gasteiger partial charge in [-0.1, -0.05) is 22.8 Å². The smallest absolute Gasteiger partial charge is 0.191 e. The van der Waals surface area contributed by atoms with Crippen molar-refractivity contribution in [3.63, 3.8) is 0 Å². The van der Waals surface area contributed by atoms with Gasteiger partial charge in [0.1, 0.15) is 11.9 Å². The van der Waals surface area contributed by atoms with Gasteiger partial charge in [0.25, 0.3) is 0 Å². The van der Waals surface area contributed by atoms with Crippen LogP contribution < -0.4 is 0 Å². The molecule has 0 saturated carbocycles. The Morgan fingerprint density at radius 2 is 2.31 bits per heavy atom. The van der Waals surface area contributed by atoms with E-state index in [1.165, 1.54) is 18.2 Å². The van der Waals surface area contributed by atoms with Crippen LogP contribution in [0.3, 0.4) is 0 Å². The summed E-state index contributed by atoms with van der Waals surface area (Å²) in [4.78, 5) is 0. The van der Waals surface area contributed by atoms with Crippen LogP contribution in [-0.4, -0.2) is 10.9 Å². The van der Waals surface area contributed by atoms with Crippen LogP contribution in [0.25, 0.3) is 0 Å². The van der Waals surface area contributed by atoms with Crippen molar-refractivity contribution < 1.29 is 9.60 Å². The van der Waals surface area contributed by atoms with E-state index in [1.54, 1.807) is 0 Å². The third kappa shape index (κ3) is 1.76. The molecule has 0 aliphatic rings. The molecule has 0 spiro atoms. The first-order valence-corrected chi connectivity index (χ1v) is 3.65. The van der Waals surface area contributed by atoms with E-state index in [-0.39, 0.29) is 10.6 Å². The first-order chi connectivity index (χ1) is 6.20. The minimum absolute atomic E-state index is 0.0364. The first kappa shape index (κ1) is 9.49. The Morgan fingerprint density at radius 1 is 1.62 bits per heavy atom. The Bertz CT molecular complexity index is 377. The van der Waals surface area contributed by atoms with Crippen molar-refractivity contribution in [2.75, 3.05) is 0 Å². The fraction of sp³-hybridized carbons (Fsp3) is 0. The molecule has 1 aromatic rings. The number of hydrogen-bond donors (Lipinski definition) is 1. The van der Waals surface area contributed by atoms with Gasteiger partial charge in [0, 0.05) is 0 Å². The molecule has 0 heterocycles. The standard InChI is InChI=1S/C8H4ClFN2O/c9-5-2-1-3-6(10)8(5)7(4-11)12-13/h1-3,13H/b12-7-. The molecule has 0 atom stereocenters. The van der Waals surface area contributed by atoms with Gasteiger partial charge in [-0.05, 0) is 12.1 Å². The molecule has 0 unspecified atom stereocenters. The number of rotatable bonds is 1. The summed E-state index contributed by atoms with van der Waals surface area (Å²) in [5.41, 5.74) is -0.628. The normalized spacial score (nSPS) is 11.0. The minimum Gasteiger partial charge on any atom is -0.410 e. The van der Waals surface area contributed by atoms with Crippen LogP contribution in [0.4, 0.5) is 4.39 Å². The van der Waals surface area contributed by atoms with Gasteiger partial charge in [-0.15, -0.1) is 0 Å². The van der Waals surface area contributed by atoms with Crippen molar-refractivity contribution in [3.05, 3.63) is 34.6 Å². The van der Waals surface area contributed by atoms with Crippen LogP contribution in [0.5, 0.6) is 0 Å². The quantitative estimate of drug-likeness (QED) is 0.427. The Balaban J connectivity index is 3.38. The average Bonchev–Trinajstić information content (AvgIpc) is 2.11. The second kappa shape index (κ2) is 3.87. The summed E-state index contributed by atoms with van der Waals surface area (Å²) in [6.45, 7) is 0. The summed E-state index contributed by atoms with van der Waals surface area (Å²) in [5.74, 6) is -0.693. The van der Waals surface area contributed by atoms with Crippen LogP contribution in [0.2, 0.25) is 5.02 Å². The lowest BCUT2D eigenvalue weighted by Gasteiger charge is -2.00. The molecule has 0 aromatic heterocycles. The minimum atomic E-state index is -0.693. The van der Waals surface area contributed by atoms with Crippen LogP contribution in [0, 0.1) is 17.1 Å². The Kier molecular flexibility index (Phi) is 2.83. The molecule has 0 aliphatic heterocycles. The number of nitriles is 1. The third-order valence-corrected chi connectivity index (χ3v) is 1.72. The highest BCUT2D eigenvalue weighted by atomic mass is 35.5. The molecule has 3 nitrogen and oxygen atoms in total. The summed E-state index contributed by atoms with van der Waals surface area (Å²) in [7, 11) is 0. The molecule has 1 rings (SSSR count). The molecule has 0 radical (unpaired) electrons. The molecule has 66 valence electrons. The van der Waals surface area contributed by atoms with Gasteiger partial charge >= 0.3 is 0 Å². The summed E-state index contributed by atoms with van der Waals surface area (Å²) < 4.78 is 13.0. The zero-order valence-corrected chi connectivity index (χ0v) is 7.09. The second-order valence-electron chi connectivity index (χ2n) is 2.16. The lowest BCUT2D eigenvalue weighted by Crippen LogP contribution is -2.01. The van der Waals surface area contributed by atoms with E-state index in [4.69, 9.17) is 22.1 Å². The highest BCUT2D eigenvalue weighted by Gasteiger charge is 2.13. The number of hydrogen-bond acceptors (Lipinski definition) is 3. The van der Waals surface area contributed by atoms with E-state index in [9.17, 15) is 4.39 Å². The van der Waals surface area contributed by atoms with E-state index >= 15 is 0 Å². The molecule has 0 amide bonds. The predicted molar refractivity (Wildman–Crippen MR) is 45.3 cm³/mol. The van der Waals surface area contributed by atoms with Gasteiger partial charge in [0.15, 0.2) is 5.71 Å². The van der Waals surface area contributed by atoms with Crippen LogP contribution in [-0.2, 0) is 0 Å². The molecule has 1 N–H and O–H groups in total. The van der Waals surface area contributed by atoms with E-state index in [2.05, 4.69) is 5.16 Å². The van der Waals surface area contributed by atoms with Gasteiger partial charge in [0.05, 0.1) is 10.6 Å². The van der Waals surface area contributed by atoms with Gasteiger partial charge in [-0.25, -0.2) is 4.39 Å². The largest absolute Gasteiger partial charge is 0.410 e. The van der Waals surface area contributed by atoms with Crippen molar-refractivity contribution in [2.24, 2.45) is 5.16 Å². The van der Waals surface area contributed by atoms with E-state index in [1.807, 2.05) is 0 Å². The summed E-state index contributed by atoms with van der Waals surface area (Å²) in [6.07, 6.45) is 0. The van der Waals surface area contributed by atoms with Crippen LogP contribution in [0.15, 0.2) is 23.4 Å². The van der Waals surface area contributed by atoms with Crippen molar-refractivity contribution in [3.8, 4) is 6.07 Å². The Morgan fingerprint density at radius 3 is 2.77 bits per heavy atom. The van der Waals surface area contributed by atoms with E-state index < -0.39 is 11.5 Å². The van der Waals surface area contributed by atoms with Crippen LogP contribution >= 0.6 is 11.6 Å².